The largest absolute Gasteiger partial charge is 0.277 e. The van der Waals surface area contributed by atoms with Crippen molar-refractivity contribution < 1.29 is 9.63 Å². The molecule has 0 aromatic carbocycles. The average Bonchev–Trinajstić information content (AvgIpc) is 1.81. The number of carbonyl (C=O) groups excluding carboxylic acids is 1. The first-order chi connectivity index (χ1) is 3.91. The van der Waals surface area contributed by atoms with E-state index in [1.165, 1.54) is 0 Å². The summed E-state index contributed by atoms with van der Waals surface area (Å²) in [7, 11) is 0. The van der Waals surface area contributed by atoms with Crippen LogP contribution in [0.3, 0.4) is 0 Å². The summed E-state index contributed by atoms with van der Waals surface area (Å²) >= 11 is 0. The number of nitrogens with one attached hydrogen (secondary N) is 1. The van der Waals surface area contributed by atoms with Gasteiger partial charge in [-0.15, -0.1) is 6.58 Å². The van der Waals surface area contributed by atoms with Crippen molar-refractivity contribution >= 4 is 6.41 Å². The number of hydrogen-bond donors (Lipinski definition) is 1. The predicted octanol–water partition coefficient (Wildman–Crippen LogP) is 0.240. The van der Waals surface area contributed by atoms with Gasteiger partial charge in [0.25, 0.3) is 0 Å². The number of amides is 1. The lowest BCUT2D eigenvalue weighted by Crippen LogP contribution is -2.11. The topological polar surface area (TPSA) is 38.3 Å². The highest BCUT2D eigenvalue weighted by Crippen LogP contribution is 1.76. The fraction of sp³-hybridized carbons (Fsp3) is 0.400. The third kappa shape index (κ3) is 5.17. The highest BCUT2D eigenvalue weighted by atomic mass is 16.6. The summed E-state index contributed by atoms with van der Waals surface area (Å²) in [6.45, 7) is 3.95. The molecule has 0 aromatic rings. The van der Waals surface area contributed by atoms with Crippen LogP contribution in [0.1, 0.15) is 6.42 Å². The van der Waals surface area contributed by atoms with Crippen LogP contribution in [0.25, 0.3) is 0 Å². The minimum atomic E-state index is 0.488. The van der Waals surface area contributed by atoms with E-state index in [0.717, 1.165) is 6.42 Å². The van der Waals surface area contributed by atoms with Crippen molar-refractivity contribution in [3.63, 3.8) is 0 Å². The van der Waals surface area contributed by atoms with Gasteiger partial charge in [-0.2, -0.15) is 0 Å². The van der Waals surface area contributed by atoms with Gasteiger partial charge in [0.2, 0.25) is 6.41 Å². The van der Waals surface area contributed by atoms with E-state index in [1.807, 2.05) is 0 Å². The van der Waals surface area contributed by atoms with Gasteiger partial charge >= 0.3 is 0 Å². The lowest BCUT2D eigenvalue weighted by molar-refractivity contribution is -0.120. The maximum Gasteiger partial charge on any atom is 0.230 e. The number of hydrogen-bond acceptors (Lipinski definition) is 2. The normalized spacial score (nSPS) is 8.00. The molecule has 1 amide bonds. The molecule has 0 heterocycles. The third-order valence-electron chi connectivity index (χ3n) is 0.555. The molecule has 0 aliphatic rings. The maximum absolute atomic E-state index is 9.51. The Morgan fingerprint density at radius 3 is 3.00 bits per heavy atom. The first kappa shape index (κ1) is 7.17. The van der Waals surface area contributed by atoms with Crippen molar-refractivity contribution in [3.8, 4) is 0 Å². The summed E-state index contributed by atoms with van der Waals surface area (Å²) in [5.41, 5.74) is 2.05. The molecule has 0 rings (SSSR count). The maximum atomic E-state index is 9.51. The smallest absolute Gasteiger partial charge is 0.230 e. The van der Waals surface area contributed by atoms with Gasteiger partial charge in [0, 0.05) is 0 Å². The van der Waals surface area contributed by atoms with Crippen molar-refractivity contribution in [3.05, 3.63) is 12.7 Å². The molecule has 0 spiro atoms. The van der Waals surface area contributed by atoms with Crippen LogP contribution in [0, 0.1) is 0 Å². The van der Waals surface area contributed by atoms with Gasteiger partial charge in [0.05, 0.1) is 6.61 Å². The second kappa shape index (κ2) is 6.17. The van der Waals surface area contributed by atoms with Gasteiger partial charge in [0.1, 0.15) is 0 Å². The van der Waals surface area contributed by atoms with E-state index < -0.39 is 0 Å². The van der Waals surface area contributed by atoms with Gasteiger partial charge in [-0.1, -0.05) is 6.08 Å². The molecule has 8 heavy (non-hydrogen) atoms. The molecule has 0 aliphatic carbocycles. The van der Waals surface area contributed by atoms with Crippen molar-refractivity contribution in [2.75, 3.05) is 6.61 Å². The van der Waals surface area contributed by atoms with E-state index in [2.05, 4.69) is 16.9 Å². The van der Waals surface area contributed by atoms with Gasteiger partial charge < -0.3 is 0 Å². The Kier molecular flexibility index (Phi) is 5.53. The van der Waals surface area contributed by atoms with Crippen LogP contribution in [-0.2, 0) is 9.63 Å². The van der Waals surface area contributed by atoms with Crippen molar-refractivity contribution in [1.29, 1.82) is 0 Å². The molecule has 0 unspecified atom stereocenters. The molecule has 0 saturated carbocycles. The van der Waals surface area contributed by atoms with Gasteiger partial charge in [-0.3, -0.25) is 9.63 Å². The highest BCUT2D eigenvalue weighted by Gasteiger charge is 1.77. The van der Waals surface area contributed by atoms with E-state index in [-0.39, 0.29) is 0 Å². The molecule has 46 valence electrons. The van der Waals surface area contributed by atoms with Gasteiger partial charge in [0.15, 0.2) is 0 Å². The van der Waals surface area contributed by atoms with Crippen molar-refractivity contribution in [1.82, 2.24) is 5.48 Å². The minimum Gasteiger partial charge on any atom is -0.277 e. The van der Waals surface area contributed by atoms with Crippen LogP contribution in [0.15, 0.2) is 12.7 Å². The fourth-order valence-corrected chi connectivity index (χ4v) is 0.235. The summed E-state index contributed by atoms with van der Waals surface area (Å²) in [5, 5.41) is 0. The Labute approximate surface area is 48.3 Å². The Bertz CT molecular complexity index is 62.8. The number of carbonyl (C=O) groups is 1. The molecule has 0 bridgehead atoms. The van der Waals surface area contributed by atoms with Crippen LogP contribution < -0.4 is 5.48 Å². The van der Waals surface area contributed by atoms with Gasteiger partial charge in [-0.05, 0) is 6.42 Å². The second-order valence-corrected chi connectivity index (χ2v) is 1.16. The first-order valence-corrected chi connectivity index (χ1v) is 2.33. The molecular weight excluding hydrogens is 106 g/mol. The molecular formula is C5H9NO2. The molecule has 3 heteroatoms. The number of rotatable bonds is 5. The number of hydroxylamine groups is 1. The Morgan fingerprint density at radius 2 is 2.50 bits per heavy atom. The van der Waals surface area contributed by atoms with Crippen LogP contribution >= 0.6 is 0 Å². The van der Waals surface area contributed by atoms with E-state index in [0.29, 0.717) is 13.0 Å². The van der Waals surface area contributed by atoms with E-state index in [9.17, 15) is 4.79 Å². The first-order valence-electron chi connectivity index (χ1n) is 2.33. The third-order valence-corrected chi connectivity index (χ3v) is 0.555. The molecule has 0 aromatic heterocycles. The zero-order chi connectivity index (χ0) is 6.24. The molecule has 1 N–H and O–H groups in total. The van der Waals surface area contributed by atoms with Crippen LogP contribution in [0.4, 0.5) is 0 Å². The monoisotopic (exact) mass is 115 g/mol. The summed E-state index contributed by atoms with van der Waals surface area (Å²) in [4.78, 5) is 14.0. The summed E-state index contributed by atoms with van der Waals surface area (Å²) in [6.07, 6.45) is 2.95. The standard InChI is InChI=1S/C5H9NO2/c1-2-3-4-8-6-5-7/h2,5H,1,3-4H2,(H,6,7). The van der Waals surface area contributed by atoms with Crippen LogP contribution in [0.2, 0.25) is 0 Å². The quantitative estimate of drug-likeness (QED) is 0.241. The molecule has 0 fully saturated rings. The van der Waals surface area contributed by atoms with Crippen molar-refractivity contribution in [2.24, 2.45) is 0 Å². The minimum absolute atomic E-state index is 0.488. The zero-order valence-corrected chi connectivity index (χ0v) is 4.59. The van der Waals surface area contributed by atoms with E-state index in [1.54, 1.807) is 6.08 Å². The van der Waals surface area contributed by atoms with Gasteiger partial charge in [-0.25, -0.2) is 5.48 Å². The summed E-state index contributed by atoms with van der Waals surface area (Å²) in [5.74, 6) is 0. The Morgan fingerprint density at radius 1 is 1.75 bits per heavy atom. The fourth-order valence-electron chi connectivity index (χ4n) is 0.235. The lowest BCUT2D eigenvalue weighted by Gasteiger charge is -1.94. The second-order valence-electron chi connectivity index (χ2n) is 1.16. The molecule has 3 nitrogen and oxygen atoms in total. The molecule has 0 saturated heterocycles. The lowest BCUT2D eigenvalue weighted by atomic mass is 10.5. The highest BCUT2D eigenvalue weighted by molar-refractivity contribution is 5.43. The summed E-state index contributed by atoms with van der Waals surface area (Å²) < 4.78 is 0. The predicted molar refractivity (Wildman–Crippen MR) is 30.0 cm³/mol. The average molecular weight is 115 g/mol. The van der Waals surface area contributed by atoms with Crippen LogP contribution in [0.5, 0.6) is 0 Å². The Balaban J connectivity index is 2.71. The molecule has 0 atom stereocenters. The van der Waals surface area contributed by atoms with Crippen LogP contribution in [-0.4, -0.2) is 13.0 Å². The van der Waals surface area contributed by atoms with E-state index in [4.69, 9.17) is 0 Å². The van der Waals surface area contributed by atoms with Crippen molar-refractivity contribution in [2.45, 2.75) is 6.42 Å². The SMILES string of the molecule is C=CCCONC=O. The van der Waals surface area contributed by atoms with E-state index >= 15 is 0 Å². The molecule has 0 aliphatic heterocycles. The molecule has 0 radical (unpaired) electrons. The summed E-state index contributed by atoms with van der Waals surface area (Å²) in [6, 6.07) is 0. The Hall–Kier alpha value is -0.830. The zero-order valence-electron chi connectivity index (χ0n) is 4.59.